The van der Waals surface area contributed by atoms with Gasteiger partial charge in [0.25, 0.3) is 15.0 Å². The van der Waals surface area contributed by atoms with Gasteiger partial charge in [-0.1, -0.05) is 19.9 Å². The molecule has 0 unspecified atom stereocenters. The predicted octanol–water partition coefficient (Wildman–Crippen LogP) is 3.15. The maximum absolute atomic E-state index is 12.2. The first-order valence-corrected chi connectivity index (χ1v) is 8.88. The summed E-state index contributed by atoms with van der Waals surface area (Å²) in [5.41, 5.74) is 1.62. The number of carbonyl (C=O) groups excluding carboxylic acids is 1. The first-order chi connectivity index (χ1) is 9.20. The van der Waals surface area contributed by atoms with Crippen molar-refractivity contribution < 1.29 is 13.2 Å². The number of hydrogen-bond donors (Lipinski definition) is 1. The molecule has 6 heteroatoms. The average Bonchev–Trinajstić information content (AvgIpc) is 2.33. The van der Waals surface area contributed by atoms with Crippen LogP contribution in [0.3, 0.4) is 0 Å². The molecule has 0 atom stereocenters. The minimum absolute atomic E-state index is 0.0144. The highest BCUT2D eigenvalue weighted by Crippen LogP contribution is 2.23. The van der Waals surface area contributed by atoms with Crippen molar-refractivity contribution in [1.29, 1.82) is 0 Å². The third-order valence-corrected chi connectivity index (χ3v) is 4.81. The SMILES string of the molecule is CCC(CC)NC(=O)c1cc(S(=O)(=O)Cl)c(C)cc1C. The summed E-state index contributed by atoms with van der Waals surface area (Å²) in [5, 5.41) is 2.89. The highest BCUT2D eigenvalue weighted by molar-refractivity contribution is 8.13. The quantitative estimate of drug-likeness (QED) is 0.848. The standard InChI is InChI=1S/C14H20ClNO3S/c1-5-11(6-2)16-14(17)12-8-13(20(15,18)19)10(4)7-9(12)3/h7-8,11H,5-6H2,1-4H3,(H,16,17). The Labute approximate surface area is 124 Å². The van der Waals surface area contributed by atoms with Crippen LogP contribution in [0.15, 0.2) is 17.0 Å². The predicted molar refractivity (Wildman–Crippen MR) is 80.8 cm³/mol. The van der Waals surface area contributed by atoms with Crippen LogP contribution in [0.25, 0.3) is 0 Å². The lowest BCUT2D eigenvalue weighted by molar-refractivity contribution is 0.0934. The van der Waals surface area contributed by atoms with Crippen LogP contribution in [-0.2, 0) is 9.05 Å². The summed E-state index contributed by atoms with van der Waals surface area (Å²) >= 11 is 0. The molecule has 4 nitrogen and oxygen atoms in total. The lowest BCUT2D eigenvalue weighted by Gasteiger charge is -2.16. The minimum Gasteiger partial charge on any atom is -0.349 e. The van der Waals surface area contributed by atoms with E-state index < -0.39 is 9.05 Å². The van der Waals surface area contributed by atoms with Crippen molar-refractivity contribution in [3.63, 3.8) is 0 Å². The molecule has 0 saturated carbocycles. The van der Waals surface area contributed by atoms with Gasteiger partial charge in [0.1, 0.15) is 0 Å². The van der Waals surface area contributed by atoms with Gasteiger partial charge in [0.2, 0.25) is 0 Å². The molecule has 1 aromatic rings. The molecular weight excluding hydrogens is 298 g/mol. The van der Waals surface area contributed by atoms with Gasteiger partial charge in [-0.3, -0.25) is 4.79 Å². The highest BCUT2D eigenvalue weighted by Gasteiger charge is 2.19. The average molecular weight is 318 g/mol. The van der Waals surface area contributed by atoms with Crippen molar-refractivity contribution in [2.24, 2.45) is 0 Å². The highest BCUT2D eigenvalue weighted by atomic mass is 35.7. The van der Waals surface area contributed by atoms with E-state index in [1.54, 1.807) is 19.9 Å². The fourth-order valence-corrected chi connectivity index (χ4v) is 3.30. The third-order valence-electron chi connectivity index (χ3n) is 3.35. The summed E-state index contributed by atoms with van der Waals surface area (Å²) in [6, 6.07) is 3.10. The molecule has 0 bridgehead atoms. The zero-order valence-corrected chi connectivity index (χ0v) is 13.7. The summed E-state index contributed by atoms with van der Waals surface area (Å²) in [6.45, 7) is 7.42. The van der Waals surface area contributed by atoms with Crippen molar-refractivity contribution in [1.82, 2.24) is 5.32 Å². The molecule has 0 heterocycles. The topological polar surface area (TPSA) is 63.2 Å². The van der Waals surface area contributed by atoms with Gasteiger partial charge in [-0.2, -0.15) is 0 Å². The van der Waals surface area contributed by atoms with Gasteiger partial charge in [-0.05, 0) is 43.9 Å². The molecule has 0 aliphatic heterocycles. The lowest BCUT2D eigenvalue weighted by Crippen LogP contribution is -2.34. The second-order valence-electron chi connectivity index (χ2n) is 4.86. The number of rotatable bonds is 5. The van der Waals surface area contributed by atoms with E-state index in [1.807, 2.05) is 13.8 Å². The molecular formula is C14H20ClNO3S. The van der Waals surface area contributed by atoms with E-state index in [0.29, 0.717) is 11.1 Å². The van der Waals surface area contributed by atoms with Crippen LogP contribution in [0, 0.1) is 13.8 Å². The zero-order valence-electron chi connectivity index (χ0n) is 12.2. The van der Waals surface area contributed by atoms with Crippen molar-refractivity contribution in [2.45, 2.75) is 51.5 Å². The Bertz CT molecular complexity index is 607. The van der Waals surface area contributed by atoms with E-state index in [1.165, 1.54) is 6.07 Å². The van der Waals surface area contributed by atoms with Crippen LogP contribution < -0.4 is 5.32 Å². The van der Waals surface area contributed by atoms with Crippen LogP contribution >= 0.6 is 10.7 Å². The first kappa shape index (κ1) is 17.0. The summed E-state index contributed by atoms with van der Waals surface area (Å²) in [6.07, 6.45) is 1.65. The summed E-state index contributed by atoms with van der Waals surface area (Å²) in [5.74, 6) is -0.266. The number of hydrogen-bond acceptors (Lipinski definition) is 3. The number of nitrogens with one attached hydrogen (secondary N) is 1. The monoisotopic (exact) mass is 317 g/mol. The van der Waals surface area contributed by atoms with Gasteiger partial charge in [-0.25, -0.2) is 8.42 Å². The Kier molecular flexibility index (Phi) is 5.59. The second-order valence-corrected chi connectivity index (χ2v) is 7.39. The zero-order chi connectivity index (χ0) is 15.5. The summed E-state index contributed by atoms with van der Waals surface area (Å²) < 4.78 is 23.0. The van der Waals surface area contributed by atoms with E-state index in [0.717, 1.165) is 18.4 Å². The van der Waals surface area contributed by atoms with Crippen molar-refractivity contribution in [2.75, 3.05) is 0 Å². The Hall–Kier alpha value is -1.07. The normalized spacial score (nSPS) is 11.7. The molecule has 20 heavy (non-hydrogen) atoms. The molecule has 0 spiro atoms. The van der Waals surface area contributed by atoms with E-state index >= 15 is 0 Å². The molecule has 0 aromatic heterocycles. The fraction of sp³-hybridized carbons (Fsp3) is 0.500. The summed E-state index contributed by atoms with van der Waals surface area (Å²) in [7, 11) is 1.54. The number of aryl methyl sites for hydroxylation is 2. The smallest absolute Gasteiger partial charge is 0.261 e. The maximum atomic E-state index is 12.2. The lowest BCUT2D eigenvalue weighted by atomic mass is 10.0. The van der Waals surface area contributed by atoms with Crippen molar-refractivity contribution in [3.05, 3.63) is 28.8 Å². The third kappa shape index (κ3) is 3.96. The molecule has 0 fully saturated rings. The van der Waals surface area contributed by atoms with Gasteiger partial charge < -0.3 is 5.32 Å². The Morgan fingerprint density at radius 3 is 2.20 bits per heavy atom. The van der Waals surface area contributed by atoms with Crippen molar-refractivity contribution >= 4 is 25.6 Å². The van der Waals surface area contributed by atoms with Gasteiger partial charge in [0.05, 0.1) is 4.90 Å². The van der Waals surface area contributed by atoms with Gasteiger partial charge in [0, 0.05) is 22.3 Å². The van der Waals surface area contributed by atoms with Gasteiger partial charge in [-0.15, -0.1) is 0 Å². The van der Waals surface area contributed by atoms with E-state index in [9.17, 15) is 13.2 Å². The number of halogens is 1. The first-order valence-electron chi connectivity index (χ1n) is 6.57. The number of benzene rings is 1. The molecule has 1 aromatic carbocycles. The molecule has 0 aliphatic rings. The Balaban J connectivity index is 3.22. The van der Waals surface area contributed by atoms with Crippen LogP contribution in [0.2, 0.25) is 0 Å². The fourth-order valence-electron chi connectivity index (χ4n) is 2.10. The van der Waals surface area contributed by atoms with Crippen LogP contribution in [0.1, 0.15) is 48.2 Å². The maximum Gasteiger partial charge on any atom is 0.261 e. The minimum atomic E-state index is -3.85. The molecule has 0 saturated heterocycles. The molecule has 0 aliphatic carbocycles. The molecule has 1 amide bonds. The number of amides is 1. The molecule has 0 radical (unpaired) electrons. The number of carbonyl (C=O) groups is 1. The second kappa shape index (κ2) is 6.59. The van der Waals surface area contributed by atoms with E-state index in [-0.39, 0.29) is 16.8 Å². The largest absolute Gasteiger partial charge is 0.349 e. The van der Waals surface area contributed by atoms with E-state index in [4.69, 9.17) is 10.7 Å². The molecule has 112 valence electrons. The van der Waals surface area contributed by atoms with Crippen molar-refractivity contribution in [3.8, 4) is 0 Å². The molecule has 1 N–H and O–H groups in total. The van der Waals surface area contributed by atoms with Gasteiger partial charge >= 0.3 is 0 Å². The Morgan fingerprint density at radius 1 is 1.20 bits per heavy atom. The van der Waals surface area contributed by atoms with E-state index in [2.05, 4.69) is 5.32 Å². The Morgan fingerprint density at radius 2 is 1.75 bits per heavy atom. The van der Waals surface area contributed by atoms with Crippen LogP contribution in [-0.4, -0.2) is 20.4 Å². The summed E-state index contributed by atoms with van der Waals surface area (Å²) in [4.78, 5) is 12.2. The van der Waals surface area contributed by atoms with Crippen LogP contribution in [0.5, 0.6) is 0 Å². The van der Waals surface area contributed by atoms with Crippen LogP contribution in [0.4, 0.5) is 0 Å². The van der Waals surface area contributed by atoms with Gasteiger partial charge in [0.15, 0.2) is 0 Å². The molecule has 1 rings (SSSR count).